The van der Waals surface area contributed by atoms with Crippen LogP contribution in [0.15, 0.2) is 5.16 Å². The van der Waals surface area contributed by atoms with Gasteiger partial charge in [0.25, 0.3) is 0 Å². The van der Waals surface area contributed by atoms with Crippen molar-refractivity contribution in [2.75, 3.05) is 13.1 Å². The van der Waals surface area contributed by atoms with Gasteiger partial charge in [0.05, 0.1) is 0 Å². The molecule has 1 rings (SSSR count). The number of oxime groups is 1. The molecule has 4 N–H and O–H groups in total. The summed E-state index contributed by atoms with van der Waals surface area (Å²) >= 11 is 0. The van der Waals surface area contributed by atoms with Gasteiger partial charge in [-0.15, -0.1) is 0 Å². The molecule has 0 bridgehead atoms. The Morgan fingerprint density at radius 2 is 2.33 bits per heavy atom. The maximum Gasteiger partial charge on any atom is 0.140 e. The molecule has 0 aromatic heterocycles. The summed E-state index contributed by atoms with van der Waals surface area (Å²) in [7, 11) is 0. The lowest BCUT2D eigenvalue weighted by Gasteiger charge is -2.25. The van der Waals surface area contributed by atoms with Crippen LogP contribution in [0.4, 0.5) is 0 Å². The van der Waals surface area contributed by atoms with E-state index in [-0.39, 0.29) is 0 Å². The second kappa shape index (κ2) is 4.98. The topological polar surface area (TPSA) is 70.6 Å². The highest BCUT2D eigenvalue weighted by Crippen LogP contribution is 2.24. The minimum Gasteiger partial charge on any atom is -0.409 e. The van der Waals surface area contributed by atoms with E-state index in [9.17, 15) is 0 Å². The molecule has 70 valence electrons. The van der Waals surface area contributed by atoms with Gasteiger partial charge in [-0.05, 0) is 25.3 Å². The minimum atomic E-state index is 0.302. The van der Waals surface area contributed by atoms with Gasteiger partial charge in [-0.25, -0.2) is 0 Å². The Morgan fingerprint density at radius 1 is 1.58 bits per heavy atom. The quantitative estimate of drug-likeness (QED) is 0.185. The van der Waals surface area contributed by atoms with Crippen LogP contribution in [0.5, 0.6) is 0 Å². The predicted octanol–water partition coefficient (Wildman–Crippen LogP) is 0.513. The van der Waals surface area contributed by atoms with Crippen molar-refractivity contribution in [1.29, 1.82) is 0 Å². The molecular weight excluding hydrogens is 154 g/mol. The Kier molecular flexibility index (Phi) is 3.87. The fourth-order valence-corrected chi connectivity index (χ4v) is 1.27. The summed E-state index contributed by atoms with van der Waals surface area (Å²) in [5, 5.41) is 14.4. The third-order valence-corrected chi connectivity index (χ3v) is 2.34. The van der Waals surface area contributed by atoms with Gasteiger partial charge >= 0.3 is 0 Å². The number of nitrogens with one attached hydrogen (secondary N) is 1. The zero-order chi connectivity index (χ0) is 8.81. The van der Waals surface area contributed by atoms with Gasteiger partial charge in [0.15, 0.2) is 0 Å². The molecule has 0 aromatic rings. The lowest BCUT2D eigenvalue weighted by Crippen LogP contribution is -2.30. The van der Waals surface area contributed by atoms with Crippen LogP contribution in [0.25, 0.3) is 0 Å². The fourth-order valence-electron chi connectivity index (χ4n) is 1.27. The number of nitrogens with zero attached hydrogens (tertiary/aromatic N) is 1. The first-order chi connectivity index (χ1) is 5.83. The Morgan fingerprint density at radius 3 is 2.83 bits per heavy atom. The van der Waals surface area contributed by atoms with E-state index in [0.29, 0.717) is 12.3 Å². The van der Waals surface area contributed by atoms with Crippen LogP contribution in [0, 0.1) is 5.92 Å². The molecule has 0 atom stereocenters. The van der Waals surface area contributed by atoms with Gasteiger partial charge < -0.3 is 16.3 Å². The van der Waals surface area contributed by atoms with Crippen molar-refractivity contribution in [2.24, 2.45) is 16.8 Å². The van der Waals surface area contributed by atoms with Crippen LogP contribution in [-0.4, -0.2) is 24.1 Å². The van der Waals surface area contributed by atoms with Crippen molar-refractivity contribution in [3.8, 4) is 0 Å². The summed E-state index contributed by atoms with van der Waals surface area (Å²) < 4.78 is 0. The number of amidine groups is 1. The minimum absolute atomic E-state index is 0.302. The molecule has 4 heteroatoms. The monoisotopic (exact) mass is 171 g/mol. The van der Waals surface area contributed by atoms with E-state index in [4.69, 9.17) is 10.9 Å². The normalized spacial score (nSPS) is 19.2. The summed E-state index contributed by atoms with van der Waals surface area (Å²) in [6, 6.07) is 0. The van der Waals surface area contributed by atoms with Gasteiger partial charge in [-0.3, -0.25) is 0 Å². The summed E-state index contributed by atoms with van der Waals surface area (Å²) in [5.41, 5.74) is 5.30. The molecule has 4 nitrogen and oxygen atoms in total. The van der Waals surface area contributed by atoms with Gasteiger partial charge in [0, 0.05) is 13.0 Å². The maximum absolute atomic E-state index is 8.24. The summed E-state index contributed by atoms with van der Waals surface area (Å²) in [6.07, 6.45) is 4.73. The van der Waals surface area contributed by atoms with E-state index in [2.05, 4.69) is 10.5 Å². The smallest absolute Gasteiger partial charge is 0.140 e. The molecule has 0 aromatic carbocycles. The molecule has 1 aliphatic carbocycles. The molecule has 0 aliphatic heterocycles. The standard InChI is InChI=1S/C8H17N3O/c9-8(11-12)4-5-10-6-7-2-1-3-7/h7,10,12H,1-6H2,(H2,9,11). The molecule has 0 unspecified atom stereocenters. The van der Waals surface area contributed by atoms with E-state index in [1.165, 1.54) is 19.3 Å². The second-order valence-corrected chi connectivity index (χ2v) is 3.34. The maximum atomic E-state index is 8.24. The molecular formula is C8H17N3O. The Labute approximate surface area is 72.8 Å². The zero-order valence-corrected chi connectivity index (χ0v) is 7.29. The van der Waals surface area contributed by atoms with Crippen LogP contribution in [-0.2, 0) is 0 Å². The summed E-state index contributed by atoms with van der Waals surface area (Å²) in [6.45, 7) is 1.89. The van der Waals surface area contributed by atoms with Crippen LogP contribution in [0.2, 0.25) is 0 Å². The van der Waals surface area contributed by atoms with Crippen LogP contribution in [0.1, 0.15) is 25.7 Å². The first-order valence-electron chi connectivity index (χ1n) is 4.50. The van der Waals surface area contributed by atoms with E-state index >= 15 is 0 Å². The van der Waals surface area contributed by atoms with Crippen LogP contribution < -0.4 is 11.1 Å². The zero-order valence-electron chi connectivity index (χ0n) is 7.29. The molecule has 0 saturated heterocycles. The molecule has 0 amide bonds. The van der Waals surface area contributed by atoms with E-state index in [1.807, 2.05) is 0 Å². The predicted molar refractivity (Wildman–Crippen MR) is 48.2 cm³/mol. The average Bonchev–Trinajstić information content (AvgIpc) is 2.00. The van der Waals surface area contributed by atoms with Crippen molar-refractivity contribution in [2.45, 2.75) is 25.7 Å². The highest BCUT2D eigenvalue weighted by atomic mass is 16.4. The van der Waals surface area contributed by atoms with Crippen molar-refractivity contribution >= 4 is 5.84 Å². The summed E-state index contributed by atoms with van der Waals surface area (Å²) in [5.74, 6) is 1.17. The lowest BCUT2D eigenvalue weighted by molar-refractivity contribution is 0.302. The molecule has 12 heavy (non-hydrogen) atoms. The number of hydrogen-bond acceptors (Lipinski definition) is 3. The van der Waals surface area contributed by atoms with E-state index < -0.39 is 0 Å². The molecule has 1 saturated carbocycles. The number of rotatable bonds is 5. The fraction of sp³-hybridized carbons (Fsp3) is 0.875. The SMILES string of the molecule is NC(CCNCC1CCC1)=NO. The molecule has 0 radical (unpaired) electrons. The molecule has 1 aliphatic rings. The molecule has 1 fully saturated rings. The van der Waals surface area contributed by atoms with Crippen molar-refractivity contribution in [3.05, 3.63) is 0 Å². The molecule has 0 heterocycles. The van der Waals surface area contributed by atoms with E-state index in [0.717, 1.165) is 19.0 Å². The van der Waals surface area contributed by atoms with Gasteiger partial charge in [-0.1, -0.05) is 11.6 Å². The number of nitrogens with two attached hydrogens (primary N) is 1. The second-order valence-electron chi connectivity index (χ2n) is 3.34. The third-order valence-electron chi connectivity index (χ3n) is 2.34. The molecule has 0 spiro atoms. The Hall–Kier alpha value is -0.770. The Balaban J connectivity index is 1.88. The lowest BCUT2D eigenvalue weighted by atomic mass is 9.85. The Bertz CT molecular complexity index is 154. The third kappa shape index (κ3) is 3.09. The van der Waals surface area contributed by atoms with Gasteiger partial charge in [0.2, 0.25) is 0 Å². The largest absolute Gasteiger partial charge is 0.409 e. The summed E-state index contributed by atoms with van der Waals surface area (Å²) in [4.78, 5) is 0. The van der Waals surface area contributed by atoms with Crippen molar-refractivity contribution < 1.29 is 5.21 Å². The first kappa shape index (κ1) is 9.32. The first-order valence-corrected chi connectivity index (χ1v) is 4.50. The van der Waals surface area contributed by atoms with Crippen LogP contribution in [0.3, 0.4) is 0 Å². The average molecular weight is 171 g/mol. The van der Waals surface area contributed by atoms with Gasteiger partial charge in [0.1, 0.15) is 5.84 Å². The number of hydrogen-bond donors (Lipinski definition) is 3. The van der Waals surface area contributed by atoms with Crippen molar-refractivity contribution in [3.63, 3.8) is 0 Å². The van der Waals surface area contributed by atoms with Crippen LogP contribution >= 0.6 is 0 Å². The van der Waals surface area contributed by atoms with Gasteiger partial charge in [-0.2, -0.15) is 0 Å². The van der Waals surface area contributed by atoms with E-state index in [1.54, 1.807) is 0 Å². The highest BCUT2D eigenvalue weighted by molar-refractivity contribution is 5.79. The highest BCUT2D eigenvalue weighted by Gasteiger charge is 2.15. The van der Waals surface area contributed by atoms with Crippen molar-refractivity contribution in [1.82, 2.24) is 5.32 Å².